The summed E-state index contributed by atoms with van der Waals surface area (Å²) in [6, 6.07) is 9.36. The van der Waals surface area contributed by atoms with Crippen LogP contribution in [0.15, 0.2) is 60.2 Å². The SMILES string of the molecule is COc1ccc(F)cc1/C(O)=C1\C(=O)C(=O)N(c2nc3cc(F)c(F)cc3s2)C1c1ccc(O)cc1. The van der Waals surface area contributed by atoms with E-state index in [4.69, 9.17) is 4.74 Å². The van der Waals surface area contributed by atoms with Crippen LogP contribution in [-0.2, 0) is 9.59 Å². The topological polar surface area (TPSA) is 100.0 Å². The van der Waals surface area contributed by atoms with Gasteiger partial charge >= 0.3 is 5.91 Å². The monoisotopic (exact) mass is 512 g/mol. The van der Waals surface area contributed by atoms with E-state index in [0.717, 1.165) is 40.5 Å². The number of Topliss-reactive ketones (excluding diaryl/α,β-unsaturated/α-hetero) is 1. The molecule has 2 heterocycles. The van der Waals surface area contributed by atoms with Gasteiger partial charge in [-0.2, -0.15) is 0 Å². The van der Waals surface area contributed by atoms with Crippen molar-refractivity contribution in [2.24, 2.45) is 0 Å². The van der Waals surface area contributed by atoms with E-state index in [0.29, 0.717) is 5.56 Å². The van der Waals surface area contributed by atoms with Gasteiger partial charge in [-0.25, -0.2) is 18.2 Å². The molecule has 1 aliphatic rings. The molecule has 1 atom stereocenters. The van der Waals surface area contributed by atoms with Gasteiger partial charge in [0.25, 0.3) is 5.78 Å². The third-order valence-electron chi connectivity index (χ3n) is 5.70. The second-order valence-electron chi connectivity index (χ2n) is 7.84. The number of anilines is 1. The molecule has 7 nitrogen and oxygen atoms in total. The quantitative estimate of drug-likeness (QED) is 0.225. The number of aliphatic hydroxyl groups is 1. The molecule has 3 aromatic carbocycles. The highest BCUT2D eigenvalue weighted by molar-refractivity contribution is 7.22. The second-order valence-corrected chi connectivity index (χ2v) is 8.84. The van der Waals surface area contributed by atoms with Gasteiger partial charge in [-0.3, -0.25) is 14.5 Å². The van der Waals surface area contributed by atoms with E-state index in [-0.39, 0.29) is 38.0 Å². The summed E-state index contributed by atoms with van der Waals surface area (Å²) in [5.74, 6) is -5.84. The number of fused-ring (bicyclic) bond motifs is 1. The van der Waals surface area contributed by atoms with Gasteiger partial charge in [0.2, 0.25) is 0 Å². The fourth-order valence-electron chi connectivity index (χ4n) is 4.03. The van der Waals surface area contributed by atoms with Crippen LogP contribution in [0.3, 0.4) is 0 Å². The minimum Gasteiger partial charge on any atom is -0.508 e. The molecule has 182 valence electrons. The Morgan fingerprint density at radius 2 is 1.72 bits per heavy atom. The van der Waals surface area contributed by atoms with E-state index >= 15 is 0 Å². The Hall–Kier alpha value is -4.38. The van der Waals surface area contributed by atoms with Crippen molar-refractivity contribution in [1.29, 1.82) is 0 Å². The lowest BCUT2D eigenvalue weighted by Gasteiger charge is -2.23. The maximum absolute atomic E-state index is 14.0. The molecule has 1 unspecified atom stereocenters. The first kappa shape index (κ1) is 23.4. The number of ketones is 1. The number of carbonyl (C=O) groups is 2. The summed E-state index contributed by atoms with van der Waals surface area (Å²) in [7, 11) is 1.29. The van der Waals surface area contributed by atoms with Crippen LogP contribution in [0.2, 0.25) is 0 Å². The van der Waals surface area contributed by atoms with E-state index in [9.17, 15) is 33.0 Å². The lowest BCUT2D eigenvalue weighted by Crippen LogP contribution is -2.29. The maximum atomic E-state index is 14.0. The Labute approximate surface area is 205 Å². The van der Waals surface area contributed by atoms with E-state index in [1.54, 1.807) is 0 Å². The Morgan fingerprint density at radius 1 is 1.03 bits per heavy atom. The number of ether oxygens (including phenoxy) is 1. The zero-order chi connectivity index (χ0) is 25.7. The first-order chi connectivity index (χ1) is 17.2. The van der Waals surface area contributed by atoms with Gasteiger partial charge in [-0.05, 0) is 42.0 Å². The van der Waals surface area contributed by atoms with Crippen LogP contribution >= 0.6 is 11.3 Å². The number of nitrogens with zero attached hydrogens (tertiary/aromatic N) is 2. The van der Waals surface area contributed by atoms with Crippen LogP contribution in [-0.4, -0.2) is 34.0 Å². The molecule has 36 heavy (non-hydrogen) atoms. The molecule has 1 aliphatic heterocycles. The number of amides is 1. The predicted molar refractivity (Wildman–Crippen MR) is 125 cm³/mol. The van der Waals surface area contributed by atoms with Crippen LogP contribution in [0, 0.1) is 17.5 Å². The number of carbonyl (C=O) groups excluding carboxylic acids is 2. The number of hydrogen-bond acceptors (Lipinski definition) is 7. The number of methoxy groups -OCH3 is 1. The normalized spacial score (nSPS) is 17.2. The van der Waals surface area contributed by atoms with Crippen molar-refractivity contribution in [2.75, 3.05) is 12.0 Å². The third kappa shape index (κ3) is 3.73. The molecule has 1 amide bonds. The molecule has 11 heteroatoms. The van der Waals surface area contributed by atoms with Crippen molar-refractivity contribution in [1.82, 2.24) is 4.98 Å². The fraction of sp³-hybridized carbons (Fsp3) is 0.0800. The summed E-state index contributed by atoms with van der Waals surface area (Å²) < 4.78 is 47.0. The van der Waals surface area contributed by atoms with Gasteiger partial charge in [0.05, 0.1) is 34.5 Å². The van der Waals surface area contributed by atoms with Crippen molar-refractivity contribution in [2.45, 2.75) is 6.04 Å². The number of thiazole rings is 1. The summed E-state index contributed by atoms with van der Waals surface area (Å²) in [6.07, 6.45) is 0. The Balaban J connectivity index is 1.76. The Kier molecular flexibility index (Phi) is 5.64. The summed E-state index contributed by atoms with van der Waals surface area (Å²) in [4.78, 5) is 31.7. The largest absolute Gasteiger partial charge is 0.508 e. The highest BCUT2D eigenvalue weighted by Gasteiger charge is 2.48. The molecule has 0 bridgehead atoms. The average molecular weight is 512 g/mol. The molecule has 0 aliphatic carbocycles. The smallest absolute Gasteiger partial charge is 0.301 e. The summed E-state index contributed by atoms with van der Waals surface area (Å²) >= 11 is 0.841. The molecule has 0 saturated carbocycles. The molecule has 4 aromatic rings. The number of aromatic nitrogens is 1. The van der Waals surface area contributed by atoms with E-state index < -0.39 is 40.9 Å². The minimum atomic E-state index is -1.26. The van der Waals surface area contributed by atoms with Crippen LogP contribution in [0.25, 0.3) is 16.0 Å². The molecule has 2 N–H and O–H groups in total. The van der Waals surface area contributed by atoms with Gasteiger partial charge in [0.1, 0.15) is 23.1 Å². The molecular weight excluding hydrogens is 497 g/mol. The van der Waals surface area contributed by atoms with Crippen molar-refractivity contribution in [3.05, 3.63) is 88.7 Å². The Bertz CT molecular complexity index is 1540. The first-order valence-electron chi connectivity index (χ1n) is 10.4. The van der Waals surface area contributed by atoms with Crippen LogP contribution < -0.4 is 9.64 Å². The highest BCUT2D eigenvalue weighted by Crippen LogP contribution is 2.45. The number of phenolic OH excluding ortho intramolecular Hbond substituents is 1. The molecule has 0 spiro atoms. The molecule has 0 radical (unpaired) electrons. The molecule has 1 aromatic heterocycles. The van der Waals surface area contributed by atoms with Crippen LogP contribution in [0.5, 0.6) is 11.5 Å². The van der Waals surface area contributed by atoms with Crippen molar-refractivity contribution < 1.29 is 37.7 Å². The van der Waals surface area contributed by atoms with Crippen molar-refractivity contribution in [3.8, 4) is 11.5 Å². The zero-order valence-corrected chi connectivity index (χ0v) is 19.1. The molecule has 1 saturated heterocycles. The minimum absolute atomic E-state index is 0.0514. The summed E-state index contributed by atoms with van der Waals surface area (Å²) in [5, 5.41) is 20.9. The number of hydrogen-bond donors (Lipinski definition) is 2. The van der Waals surface area contributed by atoms with Gasteiger partial charge in [-0.15, -0.1) is 0 Å². The summed E-state index contributed by atoms with van der Waals surface area (Å²) in [5.41, 5.74) is -0.175. The number of aliphatic hydroxyl groups excluding tert-OH is 1. The van der Waals surface area contributed by atoms with E-state index in [2.05, 4.69) is 4.98 Å². The number of phenols is 1. The van der Waals surface area contributed by atoms with Gasteiger partial charge in [-0.1, -0.05) is 23.5 Å². The average Bonchev–Trinajstić information content (AvgIpc) is 3.37. The van der Waals surface area contributed by atoms with E-state index in [1.807, 2.05) is 0 Å². The van der Waals surface area contributed by atoms with Crippen molar-refractivity contribution in [3.63, 3.8) is 0 Å². The second kappa shape index (κ2) is 8.68. The summed E-state index contributed by atoms with van der Waals surface area (Å²) in [6.45, 7) is 0. The Morgan fingerprint density at radius 3 is 2.42 bits per heavy atom. The molecule has 5 rings (SSSR count). The number of benzene rings is 3. The maximum Gasteiger partial charge on any atom is 0.301 e. The van der Waals surface area contributed by atoms with E-state index in [1.165, 1.54) is 37.4 Å². The van der Waals surface area contributed by atoms with Gasteiger partial charge in [0.15, 0.2) is 16.8 Å². The lowest BCUT2D eigenvalue weighted by molar-refractivity contribution is -0.132. The van der Waals surface area contributed by atoms with Crippen molar-refractivity contribution >= 4 is 44.1 Å². The first-order valence-corrected chi connectivity index (χ1v) is 11.2. The fourth-order valence-corrected chi connectivity index (χ4v) is 5.03. The number of halogens is 3. The highest BCUT2D eigenvalue weighted by atomic mass is 32.1. The number of aromatic hydroxyl groups is 1. The van der Waals surface area contributed by atoms with Gasteiger partial charge < -0.3 is 14.9 Å². The predicted octanol–water partition coefficient (Wildman–Crippen LogP) is 5.05. The zero-order valence-electron chi connectivity index (χ0n) is 18.3. The standard InChI is InChI=1S/C25H15F3N2O5S/c1-35-18-7-4-12(26)8-14(18)22(32)20-21(11-2-5-13(31)6-3-11)30(24(34)23(20)33)25-29-17-9-15(27)16(28)10-19(17)36-25/h2-10,21,31-32H,1H3/b22-20+. The van der Waals surface area contributed by atoms with Crippen LogP contribution in [0.1, 0.15) is 17.2 Å². The molecular formula is C25H15F3N2O5S. The van der Waals surface area contributed by atoms with Crippen LogP contribution in [0.4, 0.5) is 18.3 Å². The lowest BCUT2D eigenvalue weighted by atomic mass is 9.95. The number of rotatable bonds is 4. The van der Waals surface area contributed by atoms with Gasteiger partial charge in [0, 0.05) is 6.07 Å². The molecule has 1 fully saturated rings. The third-order valence-corrected chi connectivity index (χ3v) is 6.71.